The van der Waals surface area contributed by atoms with Crippen molar-refractivity contribution < 1.29 is 28.5 Å². The predicted octanol–water partition coefficient (Wildman–Crippen LogP) is 0.318. The Morgan fingerprint density at radius 2 is 1.93 bits per heavy atom. The highest BCUT2D eigenvalue weighted by Crippen LogP contribution is 2.03. The van der Waals surface area contributed by atoms with E-state index in [9.17, 15) is 0 Å². The van der Waals surface area contributed by atoms with E-state index in [4.69, 9.17) is 0 Å². The minimum absolute atomic E-state index is 0. The summed E-state index contributed by atoms with van der Waals surface area (Å²) in [4.78, 5) is 0. The van der Waals surface area contributed by atoms with Crippen LogP contribution < -0.4 is 28.5 Å². The zero-order chi connectivity index (χ0) is 9.52. The number of unbranched alkanes of at least 4 members (excludes halogenated alkanes) is 4. The van der Waals surface area contributed by atoms with Crippen LogP contribution in [-0.2, 0) is 6.54 Å². The number of thiazole rings is 1. The summed E-state index contributed by atoms with van der Waals surface area (Å²) in [5.74, 6) is 0. The Labute approximate surface area is 109 Å². The van der Waals surface area contributed by atoms with E-state index in [2.05, 4.69) is 29.3 Å². The molecule has 0 amide bonds. The molecule has 0 fully saturated rings. The molecule has 82 valence electrons. The summed E-state index contributed by atoms with van der Waals surface area (Å²) in [5.41, 5.74) is 3.62. The van der Waals surface area contributed by atoms with Crippen molar-refractivity contribution in [2.45, 2.75) is 52.5 Å². The summed E-state index contributed by atoms with van der Waals surface area (Å²) >= 11 is 1.80. The van der Waals surface area contributed by atoms with Crippen LogP contribution in [-0.4, -0.2) is 0 Å². The third kappa shape index (κ3) is 5.29. The van der Waals surface area contributed by atoms with Gasteiger partial charge in [0, 0.05) is 13.3 Å². The van der Waals surface area contributed by atoms with Gasteiger partial charge in [0.25, 0.3) is 0 Å². The Morgan fingerprint density at radius 1 is 1.21 bits per heavy atom. The fourth-order valence-electron chi connectivity index (χ4n) is 1.47. The average Bonchev–Trinajstić information content (AvgIpc) is 2.52. The predicted molar refractivity (Wildman–Crippen MR) is 58.0 cm³/mol. The molecule has 0 aliphatic heterocycles. The van der Waals surface area contributed by atoms with Gasteiger partial charge in [-0.15, -0.1) is 0 Å². The number of rotatable bonds is 6. The first-order valence-electron chi connectivity index (χ1n) is 5.27. The number of aryl methyl sites for hydroxylation is 2. The molecule has 0 spiro atoms. The largest absolute Gasteiger partial charge is 1.00 e. The maximum Gasteiger partial charge on any atom is 0.224 e. The molecule has 0 bridgehead atoms. The maximum atomic E-state index is 2.36. The summed E-state index contributed by atoms with van der Waals surface area (Å²) < 4.78 is 2.36. The van der Waals surface area contributed by atoms with Gasteiger partial charge in [-0.3, -0.25) is 0 Å². The van der Waals surface area contributed by atoms with Crippen LogP contribution in [0.1, 0.15) is 44.7 Å². The number of hydrogen-bond donors (Lipinski definition) is 0. The summed E-state index contributed by atoms with van der Waals surface area (Å²) in [5, 5.41) is 2.21. The molecule has 0 aliphatic rings. The van der Waals surface area contributed by atoms with E-state index in [1.54, 1.807) is 11.3 Å². The number of nitrogens with zero attached hydrogens (tertiary/aromatic N) is 1. The molecule has 0 saturated heterocycles. The Kier molecular flexibility index (Phi) is 8.87. The van der Waals surface area contributed by atoms with E-state index < -0.39 is 0 Å². The van der Waals surface area contributed by atoms with Crippen LogP contribution in [0.15, 0.2) is 10.9 Å². The number of aromatic nitrogens is 1. The highest BCUT2D eigenvalue weighted by atomic mass is 127. The van der Waals surface area contributed by atoms with E-state index in [-0.39, 0.29) is 24.0 Å². The van der Waals surface area contributed by atoms with E-state index in [0.29, 0.717) is 0 Å². The molecule has 0 N–H and O–H groups in total. The van der Waals surface area contributed by atoms with Gasteiger partial charge in [0.15, 0.2) is 5.69 Å². The molecule has 0 unspecified atom stereocenters. The van der Waals surface area contributed by atoms with Crippen molar-refractivity contribution >= 4 is 11.3 Å². The Balaban J connectivity index is 0.00000169. The smallest absolute Gasteiger partial charge is 0.224 e. The zero-order valence-corrected chi connectivity index (χ0v) is 12.1. The molecule has 14 heavy (non-hydrogen) atoms. The van der Waals surface area contributed by atoms with Crippen molar-refractivity contribution in [1.29, 1.82) is 0 Å². The first-order valence-corrected chi connectivity index (χ1v) is 6.21. The molecule has 1 nitrogen and oxygen atoms in total. The third-order valence-corrected chi connectivity index (χ3v) is 3.24. The fourth-order valence-corrected chi connectivity index (χ4v) is 2.28. The molecule has 1 aromatic heterocycles. The number of halogens is 1. The summed E-state index contributed by atoms with van der Waals surface area (Å²) in [6.45, 7) is 5.65. The highest BCUT2D eigenvalue weighted by molar-refractivity contribution is 7.07. The minimum Gasteiger partial charge on any atom is -1.00 e. The summed E-state index contributed by atoms with van der Waals surface area (Å²) in [6, 6.07) is 0. The van der Waals surface area contributed by atoms with Crippen LogP contribution >= 0.6 is 11.3 Å². The van der Waals surface area contributed by atoms with Crippen molar-refractivity contribution in [2.75, 3.05) is 0 Å². The topological polar surface area (TPSA) is 3.88 Å². The monoisotopic (exact) mass is 325 g/mol. The van der Waals surface area contributed by atoms with Gasteiger partial charge in [-0.2, -0.15) is 4.57 Å². The second kappa shape index (κ2) is 8.65. The molecule has 0 saturated carbocycles. The lowest BCUT2D eigenvalue weighted by Crippen LogP contribution is -3.00. The minimum atomic E-state index is 0. The lowest BCUT2D eigenvalue weighted by molar-refractivity contribution is -0.698. The van der Waals surface area contributed by atoms with E-state index in [1.165, 1.54) is 44.3 Å². The first-order chi connectivity index (χ1) is 6.34. The van der Waals surface area contributed by atoms with Gasteiger partial charge in [-0.25, -0.2) is 0 Å². The van der Waals surface area contributed by atoms with Gasteiger partial charge in [0.2, 0.25) is 5.51 Å². The lowest BCUT2D eigenvalue weighted by Gasteiger charge is -1.96. The number of hydrogen-bond acceptors (Lipinski definition) is 1. The fraction of sp³-hybridized carbons (Fsp3) is 0.727. The zero-order valence-electron chi connectivity index (χ0n) is 9.13. The van der Waals surface area contributed by atoms with E-state index >= 15 is 0 Å². The molecule has 1 aromatic rings. The van der Waals surface area contributed by atoms with Gasteiger partial charge in [0.05, 0.1) is 5.38 Å². The summed E-state index contributed by atoms with van der Waals surface area (Å²) in [6.07, 6.45) is 6.86. The van der Waals surface area contributed by atoms with Crippen molar-refractivity contribution in [1.82, 2.24) is 0 Å². The Bertz CT molecular complexity index is 235. The van der Waals surface area contributed by atoms with Gasteiger partial charge in [-0.05, 0) is 6.42 Å². The normalized spacial score (nSPS) is 9.86. The standard InChI is InChI=1S/C11H20NS.HI/c1-3-4-5-6-7-8-12-10-13-9-11(12)2;/h9-10H,3-8H2,1-2H3;1H/q+1;/p-1. The quantitative estimate of drug-likeness (QED) is 0.403. The van der Waals surface area contributed by atoms with E-state index in [1.807, 2.05) is 0 Å². The molecule has 0 atom stereocenters. The van der Waals surface area contributed by atoms with Gasteiger partial charge in [-0.1, -0.05) is 37.5 Å². The first kappa shape index (κ1) is 14.4. The molecule has 0 radical (unpaired) electrons. The molecule has 1 heterocycles. The van der Waals surface area contributed by atoms with Crippen LogP contribution in [0.4, 0.5) is 0 Å². The van der Waals surface area contributed by atoms with Gasteiger partial charge < -0.3 is 24.0 Å². The molecule has 0 aromatic carbocycles. The SMILES string of the molecule is CCCCCCC[n+]1cscc1C.[I-]. The second-order valence-corrected chi connectivity index (χ2v) is 4.33. The van der Waals surface area contributed by atoms with Crippen LogP contribution in [0.2, 0.25) is 0 Å². The van der Waals surface area contributed by atoms with Crippen LogP contribution in [0, 0.1) is 6.92 Å². The lowest BCUT2D eigenvalue weighted by atomic mass is 10.1. The average molecular weight is 325 g/mol. The Morgan fingerprint density at radius 3 is 2.50 bits per heavy atom. The molecule has 3 heteroatoms. The second-order valence-electron chi connectivity index (χ2n) is 3.61. The van der Waals surface area contributed by atoms with Crippen LogP contribution in [0.3, 0.4) is 0 Å². The van der Waals surface area contributed by atoms with Crippen molar-refractivity contribution in [3.8, 4) is 0 Å². The maximum absolute atomic E-state index is 2.36. The molecular weight excluding hydrogens is 305 g/mol. The molecule has 1 rings (SSSR count). The third-order valence-electron chi connectivity index (χ3n) is 2.38. The van der Waals surface area contributed by atoms with Gasteiger partial charge in [0.1, 0.15) is 6.54 Å². The van der Waals surface area contributed by atoms with Gasteiger partial charge >= 0.3 is 0 Å². The van der Waals surface area contributed by atoms with E-state index in [0.717, 1.165) is 0 Å². The highest BCUT2D eigenvalue weighted by Gasteiger charge is 2.04. The van der Waals surface area contributed by atoms with Crippen LogP contribution in [0.25, 0.3) is 0 Å². The van der Waals surface area contributed by atoms with Crippen molar-refractivity contribution in [2.24, 2.45) is 0 Å². The van der Waals surface area contributed by atoms with Crippen LogP contribution in [0.5, 0.6) is 0 Å². The molecular formula is C11H20INS. The Hall–Kier alpha value is 0.360. The van der Waals surface area contributed by atoms with Crippen molar-refractivity contribution in [3.05, 3.63) is 16.6 Å². The summed E-state index contributed by atoms with van der Waals surface area (Å²) in [7, 11) is 0. The van der Waals surface area contributed by atoms with Crippen molar-refractivity contribution in [3.63, 3.8) is 0 Å². The molecule has 0 aliphatic carbocycles.